The van der Waals surface area contributed by atoms with Gasteiger partial charge in [0, 0.05) is 13.0 Å². The Bertz CT molecular complexity index is 332. The van der Waals surface area contributed by atoms with Crippen LogP contribution in [-0.2, 0) is 4.79 Å². The molecule has 1 fully saturated rings. The van der Waals surface area contributed by atoms with Crippen molar-refractivity contribution in [3.8, 4) is 0 Å². The van der Waals surface area contributed by atoms with E-state index in [1.165, 1.54) is 11.1 Å². The maximum atomic E-state index is 12.1. The highest BCUT2D eigenvalue weighted by Crippen LogP contribution is 2.34. The molecule has 2 nitrogen and oxygen atoms in total. The Kier molecular flexibility index (Phi) is 3.09. The van der Waals surface area contributed by atoms with E-state index in [-0.39, 0.29) is 0 Å². The van der Waals surface area contributed by atoms with Gasteiger partial charge in [0.05, 0.1) is 6.04 Å². The van der Waals surface area contributed by atoms with Crippen LogP contribution < -0.4 is 0 Å². The first-order chi connectivity index (χ1) is 7.49. The second kappa shape index (κ2) is 4.23. The highest BCUT2D eigenvalue weighted by atomic mass is 16.2. The lowest BCUT2D eigenvalue weighted by Crippen LogP contribution is -2.47. The van der Waals surface area contributed by atoms with E-state index < -0.39 is 0 Å². The van der Waals surface area contributed by atoms with Crippen LogP contribution in [0.5, 0.6) is 0 Å². The lowest BCUT2D eigenvalue weighted by molar-refractivity contribution is -0.137. The number of amides is 1. The molecule has 3 unspecified atom stereocenters. The van der Waals surface area contributed by atoms with E-state index in [4.69, 9.17) is 0 Å². The molecule has 0 saturated carbocycles. The molecule has 0 radical (unpaired) electrons. The highest BCUT2D eigenvalue weighted by molar-refractivity contribution is 5.78. The molecule has 0 bridgehead atoms. The SMILES string of the molecule is CC1=C(C)C2CC(C)CC(=O)N2CC(C)C1. The number of hydrogen-bond donors (Lipinski definition) is 0. The van der Waals surface area contributed by atoms with Crippen molar-refractivity contribution in [2.45, 2.75) is 53.0 Å². The van der Waals surface area contributed by atoms with Gasteiger partial charge in [0.1, 0.15) is 0 Å². The minimum absolute atomic E-state index is 0.365. The van der Waals surface area contributed by atoms with Crippen molar-refractivity contribution in [1.82, 2.24) is 4.90 Å². The molecular weight excluding hydrogens is 198 g/mol. The van der Waals surface area contributed by atoms with Crippen LogP contribution in [0, 0.1) is 11.8 Å². The Morgan fingerprint density at radius 1 is 1.12 bits per heavy atom. The molecule has 0 aromatic carbocycles. The zero-order valence-electron chi connectivity index (χ0n) is 10.9. The molecule has 90 valence electrons. The number of carbonyl (C=O) groups is 1. The quantitative estimate of drug-likeness (QED) is 0.576. The molecule has 2 heterocycles. The number of allylic oxidation sites excluding steroid dienone is 1. The zero-order valence-corrected chi connectivity index (χ0v) is 10.9. The van der Waals surface area contributed by atoms with Crippen molar-refractivity contribution in [2.75, 3.05) is 6.54 Å². The predicted molar refractivity (Wildman–Crippen MR) is 66.1 cm³/mol. The van der Waals surface area contributed by atoms with Gasteiger partial charge in [-0.05, 0) is 38.5 Å². The van der Waals surface area contributed by atoms with E-state index in [9.17, 15) is 4.79 Å². The summed E-state index contributed by atoms with van der Waals surface area (Å²) < 4.78 is 0. The van der Waals surface area contributed by atoms with E-state index >= 15 is 0 Å². The molecule has 0 aromatic heterocycles. The Morgan fingerprint density at radius 2 is 1.81 bits per heavy atom. The van der Waals surface area contributed by atoms with E-state index in [1.54, 1.807) is 0 Å². The van der Waals surface area contributed by atoms with Crippen LogP contribution in [0.3, 0.4) is 0 Å². The summed E-state index contributed by atoms with van der Waals surface area (Å²) in [7, 11) is 0. The van der Waals surface area contributed by atoms with Gasteiger partial charge >= 0.3 is 0 Å². The maximum Gasteiger partial charge on any atom is 0.223 e. The van der Waals surface area contributed by atoms with Crippen molar-refractivity contribution in [1.29, 1.82) is 0 Å². The standard InChI is InChI=1S/C14H23NO/c1-9-6-13-12(4)11(3)5-10(2)8-15(13)14(16)7-9/h9-10,13H,5-8H2,1-4H3. The van der Waals surface area contributed by atoms with Gasteiger partial charge in [0.2, 0.25) is 5.91 Å². The van der Waals surface area contributed by atoms with Crippen LogP contribution in [0.15, 0.2) is 11.1 Å². The summed E-state index contributed by atoms with van der Waals surface area (Å²) in [6, 6.07) is 0.390. The normalized spacial score (nSPS) is 36.1. The fourth-order valence-electron chi connectivity index (χ4n) is 3.19. The van der Waals surface area contributed by atoms with Gasteiger partial charge in [0.25, 0.3) is 0 Å². The average Bonchev–Trinajstić information content (AvgIpc) is 2.29. The third-order valence-corrected chi connectivity index (χ3v) is 4.18. The van der Waals surface area contributed by atoms with Crippen LogP contribution in [0.4, 0.5) is 0 Å². The molecule has 1 amide bonds. The summed E-state index contributed by atoms with van der Waals surface area (Å²) in [4.78, 5) is 14.2. The van der Waals surface area contributed by atoms with E-state index in [2.05, 4.69) is 32.6 Å². The molecule has 0 spiro atoms. The largest absolute Gasteiger partial charge is 0.336 e. The minimum Gasteiger partial charge on any atom is -0.336 e. The molecular formula is C14H23NO. The third-order valence-electron chi connectivity index (χ3n) is 4.18. The minimum atomic E-state index is 0.365. The summed E-state index contributed by atoms with van der Waals surface area (Å²) in [6.45, 7) is 9.86. The first kappa shape index (κ1) is 11.7. The highest BCUT2D eigenvalue weighted by Gasteiger charge is 2.35. The number of piperidine rings is 1. The topological polar surface area (TPSA) is 20.3 Å². The zero-order chi connectivity index (χ0) is 11.9. The van der Waals surface area contributed by atoms with Gasteiger partial charge in [-0.1, -0.05) is 25.0 Å². The lowest BCUT2D eigenvalue weighted by atomic mass is 9.87. The monoisotopic (exact) mass is 221 g/mol. The van der Waals surface area contributed by atoms with Crippen molar-refractivity contribution in [3.63, 3.8) is 0 Å². The van der Waals surface area contributed by atoms with Crippen molar-refractivity contribution >= 4 is 5.91 Å². The Labute approximate surface area is 98.7 Å². The van der Waals surface area contributed by atoms with Crippen molar-refractivity contribution in [2.24, 2.45) is 11.8 Å². The number of carbonyl (C=O) groups excluding carboxylic acids is 1. The second-order valence-electron chi connectivity index (χ2n) is 5.88. The summed E-state index contributed by atoms with van der Waals surface area (Å²) in [5, 5.41) is 0. The molecule has 0 N–H and O–H groups in total. The first-order valence-electron chi connectivity index (χ1n) is 6.44. The molecule has 3 atom stereocenters. The number of nitrogens with zero attached hydrogens (tertiary/aromatic N) is 1. The average molecular weight is 221 g/mol. The number of rotatable bonds is 0. The van der Waals surface area contributed by atoms with Crippen LogP contribution in [0.2, 0.25) is 0 Å². The van der Waals surface area contributed by atoms with Crippen LogP contribution >= 0.6 is 0 Å². The van der Waals surface area contributed by atoms with E-state index in [0.29, 0.717) is 23.8 Å². The molecule has 2 heteroatoms. The Hall–Kier alpha value is -0.790. The molecule has 2 aliphatic rings. The molecule has 2 aliphatic heterocycles. The smallest absolute Gasteiger partial charge is 0.223 e. The lowest BCUT2D eigenvalue weighted by Gasteiger charge is -2.39. The van der Waals surface area contributed by atoms with Crippen LogP contribution in [-0.4, -0.2) is 23.4 Å². The first-order valence-corrected chi connectivity index (χ1v) is 6.44. The summed E-state index contributed by atoms with van der Waals surface area (Å²) in [5.74, 6) is 1.52. The van der Waals surface area contributed by atoms with Crippen molar-refractivity contribution in [3.05, 3.63) is 11.1 Å². The summed E-state index contributed by atoms with van der Waals surface area (Å²) in [6.07, 6.45) is 3.05. The Balaban J connectivity index is 2.32. The van der Waals surface area contributed by atoms with Crippen molar-refractivity contribution < 1.29 is 4.79 Å². The van der Waals surface area contributed by atoms with Gasteiger partial charge < -0.3 is 4.90 Å². The predicted octanol–water partition coefficient (Wildman–Crippen LogP) is 2.99. The summed E-state index contributed by atoms with van der Waals surface area (Å²) >= 11 is 0. The summed E-state index contributed by atoms with van der Waals surface area (Å²) in [5.41, 5.74) is 2.95. The molecule has 0 aliphatic carbocycles. The fraction of sp³-hybridized carbons (Fsp3) is 0.786. The van der Waals surface area contributed by atoms with Crippen LogP contribution in [0.25, 0.3) is 0 Å². The van der Waals surface area contributed by atoms with Gasteiger partial charge in [-0.25, -0.2) is 0 Å². The van der Waals surface area contributed by atoms with E-state index in [0.717, 1.165) is 25.8 Å². The maximum absolute atomic E-state index is 12.1. The van der Waals surface area contributed by atoms with Crippen LogP contribution in [0.1, 0.15) is 47.0 Å². The molecule has 2 rings (SSSR count). The molecule has 1 saturated heterocycles. The number of hydrogen-bond acceptors (Lipinski definition) is 1. The van der Waals surface area contributed by atoms with Gasteiger partial charge in [-0.15, -0.1) is 0 Å². The molecule has 0 aromatic rings. The van der Waals surface area contributed by atoms with Gasteiger partial charge in [0.15, 0.2) is 0 Å². The van der Waals surface area contributed by atoms with E-state index in [1.807, 2.05) is 0 Å². The fourth-order valence-corrected chi connectivity index (χ4v) is 3.19. The number of fused-ring (bicyclic) bond motifs is 1. The van der Waals surface area contributed by atoms with Gasteiger partial charge in [-0.2, -0.15) is 0 Å². The van der Waals surface area contributed by atoms with Gasteiger partial charge in [-0.3, -0.25) is 4.79 Å². The second-order valence-corrected chi connectivity index (χ2v) is 5.88. The Morgan fingerprint density at radius 3 is 2.50 bits per heavy atom. The third kappa shape index (κ3) is 2.02. The molecule has 16 heavy (non-hydrogen) atoms.